The number of aliphatic hydroxyl groups excluding tert-OH is 1. The summed E-state index contributed by atoms with van der Waals surface area (Å²) in [6.07, 6.45) is 0. The molecule has 1 aromatic carbocycles. The molecule has 0 saturated heterocycles. The Morgan fingerprint density at radius 1 is 1.36 bits per heavy atom. The molecule has 0 aromatic heterocycles. The smallest absolute Gasteiger partial charge is 0.220 e. The molecule has 0 bridgehead atoms. The number of ether oxygens (including phenoxy) is 1. The number of rotatable bonds is 3. The molecule has 0 aliphatic carbocycles. The molecule has 0 unspecified atom stereocenters. The first-order valence-electron chi connectivity index (χ1n) is 3.34. The maximum absolute atomic E-state index is 10.9. The molecule has 0 fully saturated rings. The quantitative estimate of drug-likeness (QED) is 0.709. The standard InChI is InChI=1S/C8H9O3/c9-5-6-11-8-4-2-1-3-7(8)10/h1-4,9H,5-6H2. The number of para-hydroxylation sites is 2. The maximum atomic E-state index is 10.9. The van der Waals surface area contributed by atoms with Gasteiger partial charge in [0.05, 0.1) is 6.61 Å². The summed E-state index contributed by atoms with van der Waals surface area (Å²) in [5.74, 6) is 0.141. The van der Waals surface area contributed by atoms with Crippen molar-refractivity contribution in [3.05, 3.63) is 24.3 Å². The summed E-state index contributed by atoms with van der Waals surface area (Å²) in [5, 5.41) is 19.3. The van der Waals surface area contributed by atoms with Crippen LogP contribution in [0.15, 0.2) is 24.3 Å². The Morgan fingerprint density at radius 2 is 2.09 bits per heavy atom. The highest BCUT2D eigenvalue weighted by molar-refractivity contribution is 5.37. The van der Waals surface area contributed by atoms with E-state index in [0.29, 0.717) is 5.75 Å². The number of aliphatic hydroxyl groups is 1. The zero-order valence-corrected chi connectivity index (χ0v) is 5.99. The van der Waals surface area contributed by atoms with Gasteiger partial charge in [0, 0.05) is 0 Å². The van der Waals surface area contributed by atoms with Gasteiger partial charge in [-0.05, 0) is 12.1 Å². The summed E-state index contributed by atoms with van der Waals surface area (Å²) in [5.41, 5.74) is 0. The van der Waals surface area contributed by atoms with E-state index < -0.39 is 0 Å². The summed E-state index contributed by atoms with van der Waals surface area (Å²) < 4.78 is 4.92. The molecule has 0 aliphatic rings. The lowest BCUT2D eigenvalue weighted by Crippen LogP contribution is -2.01. The van der Waals surface area contributed by atoms with Crippen LogP contribution in [0.25, 0.3) is 0 Å². The Morgan fingerprint density at radius 3 is 2.73 bits per heavy atom. The molecular formula is C8H9O3. The van der Waals surface area contributed by atoms with Gasteiger partial charge in [-0.15, -0.1) is 0 Å². The van der Waals surface area contributed by atoms with Crippen molar-refractivity contribution < 1.29 is 14.9 Å². The van der Waals surface area contributed by atoms with Crippen LogP contribution in [0.2, 0.25) is 0 Å². The molecule has 0 saturated carbocycles. The lowest BCUT2D eigenvalue weighted by Gasteiger charge is -2.02. The molecule has 1 rings (SSSR count). The van der Waals surface area contributed by atoms with Gasteiger partial charge in [0.1, 0.15) is 6.61 Å². The third-order valence-electron chi connectivity index (χ3n) is 1.20. The third-order valence-corrected chi connectivity index (χ3v) is 1.20. The summed E-state index contributed by atoms with van der Waals surface area (Å²) in [6.45, 7) is 0.0909. The van der Waals surface area contributed by atoms with Crippen LogP contribution in [-0.2, 0) is 5.11 Å². The van der Waals surface area contributed by atoms with Gasteiger partial charge >= 0.3 is 0 Å². The fourth-order valence-electron chi connectivity index (χ4n) is 0.725. The van der Waals surface area contributed by atoms with Crippen molar-refractivity contribution in [1.29, 1.82) is 0 Å². The average molecular weight is 153 g/mol. The van der Waals surface area contributed by atoms with Crippen LogP contribution in [0.1, 0.15) is 0 Å². The Kier molecular flexibility index (Phi) is 2.74. The maximum Gasteiger partial charge on any atom is 0.220 e. The van der Waals surface area contributed by atoms with Crippen molar-refractivity contribution in [2.45, 2.75) is 0 Å². The number of hydrogen-bond donors (Lipinski definition) is 1. The van der Waals surface area contributed by atoms with Gasteiger partial charge in [0.2, 0.25) is 5.75 Å². The molecular weight excluding hydrogens is 144 g/mol. The lowest BCUT2D eigenvalue weighted by atomic mass is 10.3. The van der Waals surface area contributed by atoms with E-state index in [2.05, 4.69) is 0 Å². The van der Waals surface area contributed by atoms with E-state index in [4.69, 9.17) is 9.84 Å². The van der Waals surface area contributed by atoms with Crippen LogP contribution < -0.4 is 4.74 Å². The van der Waals surface area contributed by atoms with Gasteiger partial charge in [-0.3, -0.25) is 5.11 Å². The summed E-state index contributed by atoms with van der Waals surface area (Å²) in [6, 6.07) is 6.37. The van der Waals surface area contributed by atoms with E-state index in [1.54, 1.807) is 18.2 Å². The first-order chi connectivity index (χ1) is 5.34. The minimum atomic E-state index is -0.152. The Hall–Kier alpha value is -1.22. The molecule has 0 spiro atoms. The molecule has 11 heavy (non-hydrogen) atoms. The Bertz CT molecular complexity index is 222. The number of benzene rings is 1. The van der Waals surface area contributed by atoms with Gasteiger partial charge in [0.25, 0.3) is 0 Å². The van der Waals surface area contributed by atoms with Crippen LogP contribution in [0.3, 0.4) is 0 Å². The van der Waals surface area contributed by atoms with Gasteiger partial charge in [-0.25, -0.2) is 0 Å². The average Bonchev–Trinajstić information content (AvgIpc) is 2.03. The van der Waals surface area contributed by atoms with Gasteiger partial charge < -0.3 is 9.84 Å². The molecule has 0 heterocycles. The Balaban J connectivity index is 2.62. The predicted octanol–water partition coefficient (Wildman–Crippen LogP) is 1.20. The van der Waals surface area contributed by atoms with Crippen molar-refractivity contribution >= 4 is 0 Å². The van der Waals surface area contributed by atoms with E-state index in [1.807, 2.05) is 0 Å². The molecule has 0 amide bonds. The predicted molar refractivity (Wildman–Crippen MR) is 39.2 cm³/mol. The fourth-order valence-corrected chi connectivity index (χ4v) is 0.725. The molecule has 59 valence electrons. The van der Waals surface area contributed by atoms with E-state index in [-0.39, 0.29) is 19.0 Å². The summed E-state index contributed by atoms with van der Waals surface area (Å²) in [7, 11) is 0. The van der Waals surface area contributed by atoms with E-state index in [1.165, 1.54) is 6.07 Å². The summed E-state index contributed by atoms with van der Waals surface area (Å²) >= 11 is 0. The normalized spacial score (nSPS) is 9.55. The highest BCUT2D eigenvalue weighted by Gasteiger charge is 2.00. The van der Waals surface area contributed by atoms with Crippen molar-refractivity contribution in [3.63, 3.8) is 0 Å². The van der Waals surface area contributed by atoms with Crippen LogP contribution in [0.5, 0.6) is 11.5 Å². The van der Waals surface area contributed by atoms with Gasteiger partial charge in [-0.2, -0.15) is 0 Å². The Labute approximate surface area is 64.9 Å². The first kappa shape index (κ1) is 7.88. The molecule has 3 heteroatoms. The topological polar surface area (TPSA) is 49.4 Å². The summed E-state index contributed by atoms with van der Waals surface area (Å²) in [4.78, 5) is 0. The number of hydrogen-bond acceptors (Lipinski definition) is 2. The van der Waals surface area contributed by atoms with Crippen molar-refractivity contribution in [3.8, 4) is 11.5 Å². The zero-order valence-electron chi connectivity index (χ0n) is 5.99. The molecule has 1 radical (unpaired) electrons. The van der Waals surface area contributed by atoms with E-state index >= 15 is 0 Å². The van der Waals surface area contributed by atoms with Gasteiger partial charge in [-0.1, -0.05) is 12.1 Å². The third kappa shape index (κ3) is 2.13. The molecule has 3 nitrogen and oxygen atoms in total. The molecule has 1 aromatic rings. The lowest BCUT2D eigenvalue weighted by molar-refractivity contribution is 0.193. The second kappa shape index (κ2) is 3.83. The highest BCUT2D eigenvalue weighted by Crippen LogP contribution is 2.24. The second-order valence-corrected chi connectivity index (χ2v) is 2.02. The highest BCUT2D eigenvalue weighted by atomic mass is 16.5. The van der Waals surface area contributed by atoms with Gasteiger partial charge in [0.15, 0.2) is 5.75 Å². The first-order valence-corrected chi connectivity index (χ1v) is 3.34. The van der Waals surface area contributed by atoms with Crippen LogP contribution in [-0.4, -0.2) is 18.3 Å². The minimum absolute atomic E-state index is 0.0751. The SMILES string of the molecule is [O]c1ccccc1OCCO. The fraction of sp³-hybridized carbons (Fsp3) is 0.250. The van der Waals surface area contributed by atoms with Crippen LogP contribution in [0, 0.1) is 0 Å². The van der Waals surface area contributed by atoms with Crippen molar-refractivity contribution in [2.24, 2.45) is 0 Å². The monoisotopic (exact) mass is 153 g/mol. The van der Waals surface area contributed by atoms with E-state index in [0.717, 1.165) is 0 Å². The molecule has 1 N–H and O–H groups in total. The van der Waals surface area contributed by atoms with Crippen molar-refractivity contribution in [1.82, 2.24) is 0 Å². The molecule has 0 atom stereocenters. The minimum Gasteiger partial charge on any atom is -0.487 e. The second-order valence-electron chi connectivity index (χ2n) is 2.02. The zero-order chi connectivity index (χ0) is 8.10. The van der Waals surface area contributed by atoms with E-state index in [9.17, 15) is 5.11 Å². The van der Waals surface area contributed by atoms with Crippen LogP contribution >= 0.6 is 0 Å². The largest absolute Gasteiger partial charge is 0.487 e. The van der Waals surface area contributed by atoms with Crippen LogP contribution in [0.4, 0.5) is 0 Å². The molecule has 0 aliphatic heterocycles. The van der Waals surface area contributed by atoms with Crippen molar-refractivity contribution in [2.75, 3.05) is 13.2 Å².